The third-order valence-corrected chi connectivity index (χ3v) is 7.39. The zero-order valence-corrected chi connectivity index (χ0v) is 16.3. The van der Waals surface area contributed by atoms with Crippen LogP contribution in [0.15, 0.2) is 53.4 Å². The highest BCUT2D eigenvalue weighted by Crippen LogP contribution is 2.36. The standard InChI is InChI=1S/C21H24N2O3S/c1-14(2)27(25,26)17-7-8-21(23-10-9-16(24)13-23)18(12-17)20-11-15-5-3-4-6-19(15)22-20/h3-8,11-12,14,16,22,24H,9-10,13H2,1-2H3. The van der Waals surface area contributed by atoms with Crippen LogP contribution in [0.2, 0.25) is 0 Å². The fourth-order valence-electron chi connectivity index (χ4n) is 3.63. The number of aliphatic hydroxyl groups is 1. The van der Waals surface area contributed by atoms with Gasteiger partial charge in [-0.15, -0.1) is 0 Å². The highest BCUT2D eigenvalue weighted by atomic mass is 32.2. The number of nitrogens with one attached hydrogen (secondary N) is 1. The number of benzene rings is 2. The number of anilines is 1. The van der Waals surface area contributed by atoms with E-state index in [9.17, 15) is 13.5 Å². The molecule has 0 amide bonds. The summed E-state index contributed by atoms with van der Waals surface area (Å²) >= 11 is 0. The van der Waals surface area contributed by atoms with E-state index in [2.05, 4.69) is 9.88 Å². The van der Waals surface area contributed by atoms with Gasteiger partial charge in [0.15, 0.2) is 9.84 Å². The van der Waals surface area contributed by atoms with Crippen molar-refractivity contribution in [1.29, 1.82) is 0 Å². The average Bonchev–Trinajstić information content (AvgIpc) is 3.27. The van der Waals surface area contributed by atoms with E-state index in [1.807, 2.05) is 36.4 Å². The van der Waals surface area contributed by atoms with E-state index >= 15 is 0 Å². The van der Waals surface area contributed by atoms with Crippen molar-refractivity contribution in [3.8, 4) is 11.3 Å². The maximum atomic E-state index is 12.7. The highest BCUT2D eigenvalue weighted by molar-refractivity contribution is 7.92. The molecule has 1 fully saturated rings. The summed E-state index contributed by atoms with van der Waals surface area (Å²) in [5.41, 5.74) is 3.69. The van der Waals surface area contributed by atoms with Gasteiger partial charge in [-0.05, 0) is 50.6 Å². The summed E-state index contributed by atoms with van der Waals surface area (Å²) in [7, 11) is -3.37. The monoisotopic (exact) mass is 384 g/mol. The lowest BCUT2D eigenvalue weighted by Crippen LogP contribution is -2.22. The molecule has 3 aromatic rings. The van der Waals surface area contributed by atoms with Gasteiger partial charge in [0, 0.05) is 40.9 Å². The minimum atomic E-state index is -3.37. The first kappa shape index (κ1) is 18.1. The van der Waals surface area contributed by atoms with Crippen LogP contribution < -0.4 is 4.90 Å². The Balaban J connectivity index is 1.89. The van der Waals surface area contributed by atoms with E-state index in [0.29, 0.717) is 11.4 Å². The summed E-state index contributed by atoms with van der Waals surface area (Å²) in [4.78, 5) is 5.86. The normalized spacial score (nSPS) is 17.9. The number of β-amino-alcohol motifs (C(OH)–C–C–N with tert-alkyl or cyclic N) is 1. The van der Waals surface area contributed by atoms with Crippen molar-refractivity contribution in [2.45, 2.75) is 36.5 Å². The molecular formula is C21H24N2O3S. The molecule has 2 aromatic carbocycles. The number of nitrogens with zero attached hydrogens (tertiary/aromatic N) is 1. The second-order valence-corrected chi connectivity index (χ2v) is 9.94. The maximum absolute atomic E-state index is 12.7. The molecule has 27 heavy (non-hydrogen) atoms. The fraction of sp³-hybridized carbons (Fsp3) is 0.333. The summed E-state index contributed by atoms with van der Waals surface area (Å²) in [6.07, 6.45) is 0.373. The first-order valence-corrected chi connectivity index (χ1v) is 10.8. The van der Waals surface area contributed by atoms with Crippen molar-refractivity contribution in [3.63, 3.8) is 0 Å². The van der Waals surface area contributed by atoms with Gasteiger partial charge in [-0.1, -0.05) is 18.2 Å². The summed E-state index contributed by atoms with van der Waals surface area (Å²) in [6, 6.07) is 15.4. The van der Waals surface area contributed by atoms with E-state index in [1.165, 1.54) is 0 Å². The molecule has 0 aliphatic carbocycles. The van der Waals surface area contributed by atoms with Crippen molar-refractivity contribution in [2.75, 3.05) is 18.0 Å². The number of sulfone groups is 1. The molecule has 1 atom stereocenters. The van der Waals surface area contributed by atoms with E-state index in [-0.39, 0.29) is 6.10 Å². The molecular weight excluding hydrogens is 360 g/mol. The van der Waals surface area contributed by atoms with Gasteiger partial charge in [0.1, 0.15) is 0 Å². The Morgan fingerprint density at radius 2 is 1.93 bits per heavy atom. The zero-order chi connectivity index (χ0) is 19.2. The molecule has 1 aromatic heterocycles. The number of para-hydroxylation sites is 1. The Labute approximate surface area is 159 Å². The number of hydrogen-bond acceptors (Lipinski definition) is 4. The molecule has 0 spiro atoms. The molecule has 5 nitrogen and oxygen atoms in total. The first-order chi connectivity index (χ1) is 12.9. The van der Waals surface area contributed by atoms with Gasteiger partial charge in [-0.25, -0.2) is 8.42 Å². The summed E-state index contributed by atoms with van der Waals surface area (Å²) < 4.78 is 25.4. The Morgan fingerprint density at radius 3 is 2.59 bits per heavy atom. The van der Waals surface area contributed by atoms with Gasteiger partial charge in [0.05, 0.1) is 16.2 Å². The van der Waals surface area contributed by atoms with Crippen LogP contribution in [0.4, 0.5) is 5.69 Å². The van der Waals surface area contributed by atoms with Crippen molar-refractivity contribution in [1.82, 2.24) is 4.98 Å². The van der Waals surface area contributed by atoms with Crippen molar-refractivity contribution in [3.05, 3.63) is 48.5 Å². The number of H-pyrrole nitrogens is 1. The first-order valence-electron chi connectivity index (χ1n) is 9.25. The summed E-state index contributed by atoms with van der Waals surface area (Å²) in [6.45, 7) is 4.71. The Morgan fingerprint density at radius 1 is 1.15 bits per heavy atom. The Kier molecular flexibility index (Phi) is 4.48. The predicted octanol–water partition coefficient (Wildman–Crippen LogP) is 3.59. The molecule has 4 rings (SSSR count). The number of hydrogen-bond donors (Lipinski definition) is 2. The summed E-state index contributed by atoms with van der Waals surface area (Å²) in [5, 5.41) is 10.5. The number of aromatic amines is 1. The van der Waals surface area contributed by atoms with Crippen LogP contribution in [0.5, 0.6) is 0 Å². The molecule has 2 N–H and O–H groups in total. The number of aromatic nitrogens is 1. The quantitative estimate of drug-likeness (QED) is 0.721. The van der Waals surface area contributed by atoms with Crippen LogP contribution in [-0.4, -0.2) is 43.0 Å². The number of fused-ring (bicyclic) bond motifs is 1. The topological polar surface area (TPSA) is 73.4 Å². The van der Waals surface area contributed by atoms with Crippen LogP contribution in [0.1, 0.15) is 20.3 Å². The van der Waals surface area contributed by atoms with Gasteiger partial charge >= 0.3 is 0 Å². The lowest BCUT2D eigenvalue weighted by Gasteiger charge is -2.22. The fourth-order valence-corrected chi connectivity index (χ4v) is 4.72. The van der Waals surface area contributed by atoms with Crippen molar-refractivity contribution < 1.29 is 13.5 Å². The lowest BCUT2D eigenvalue weighted by molar-refractivity contribution is 0.198. The number of aliphatic hydroxyl groups excluding tert-OH is 1. The molecule has 0 radical (unpaired) electrons. The highest BCUT2D eigenvalue weighted by Gasteiger charge is 2.26. The van der Waals surface area contributed by atoms with Gasteiger partial charge in [0.25, 0.3) is 0 Å². The van der Waals surface area contributed by atoms with Gasteiger partial charge < -0.3 is 15.0 Å². The van der Waals surface area contributed by atoms with Gasteiger partial charge in [-0.2, -0.15) is 0 Å². The predicted molar refractivity (Wildman–Crippen MR) is 109 cm³/mol. The zero-order valence-electron chi connectivity index (χ0n) is 15.5. The van der Waals surface area contributed by atoms with E-state index < -0.39 is 15.1 Å². The molecule has 1 aliphatic rings. The third-order valence-electron chi connectivity index (χ3n) is 5.24. The molecule has 1 unspecified atom stereocenters. The molecule has 1 aliphatic heterocycles. The lowest BCUT2D eigenvalue weighted by atomic mass is 10.1. The Bertz CT molecular complexity index is 1050. The van der Waals surface area contributed by atoms with Gasteiger partial charge in [-0.3, -0.25) is 0 Å². The SMILES string of the molecule is CC(C)S(=O)(=O)c1ccc(N2CCC(O)C2)c(-c2cc3ccccc3[nH]2)c1. The van der Waals surface area contributed by atoms with Crippen LogP contribution in [0, 0.1) is 0 Å². The van der Waals surface area contributed by atoms with Crippen molar-refractivity contribution >= 4 is 26.4 Å². The van der Waals surface area contributed by atoms with Gasteiger partial charge in [0.2, 0.25) is 0 Å². The minimum absolute atomic E-state index is 0.328. The van der Waals surface area contributed by atoms with Crippen LogP contribution in [-0.2, 0) is 9.84 Å². The second-order valence-electron chi connectivity index (χ2n) is 7.43. The van der Waals surface area contributed by atoms with E-state index in [1.54, 1.807) is 26.0 Å². The molecule has 0 bridgehead atoms. The molecule has 142 valence electrons. The molecule has 6 heteroatoms. The third kappa shape index (κ3) is 3.24. The average molecular weight is 385 g/mol. The minimum Gasteiger partial charge on any atom is -0.391 e. The molecule has 0 saturated carbocycles. The van der Waals surface area contributed by atoms with Crippen LogP contribution in [0.25, 0.3) is 22.2 Å². The van der Waals surface area contributed by atoms with E-state index in [0.717, 1.165) is 40.8 Å². The molecule has 1 saturated heterocycles. The maximum Gasteiger partial charge on any atom is 0.180 e. The smallest absolute Gasteiger partial charge is 0.180 e. The van der Waals surface area contributed by atoms with Crippen LogP contribution >= 0.6 is 0 Å². The number of rotatable bonds is 4. The largest absolute Gasteiger partial charge is 0.391 e. The van der Waals surface area contributed by atoms with Crippen molar-refractivity contribution in [2.24, 2.45) is 0 Å². The second kappa shape index (κ2) is 6.69. The van der Waals surface area contributed by atoms with Crippen LogP contribution in [0.3, 0.4) is 0 Å². The van der Waals surface area contributed by atoms with E-state index in [4.69, 9.17) is 0 Å². The molecule has 2 heterocycles. The summed E-state index contributed by atoms with van der Waals surface area (Å²) in [5.74, 6) is 0. The Hall–Kier alpha value is -2.31.